The highest BCUT2D eigenvalue weighted by Gasteiger charge is 2.52. The zero-order valence-electron chi connectivity index (χ0n) is 21.7. The molecule has 0 aromatic carbocycles. The van der Waals surface area contributed by atoms with Crippen molar-refractivity contribution in [2.45, 2.75) is 106 Å². The van der Waals surface area contributed by atoms with Crippen LogP contribution in [-0.2, 0) is 33.3 Å². The first-order valence-corrected chi connectivity index (χ1v) is 12.6. The third-order valence-corrected chi connectivity index (χ3v) is 6.88. The van der Waals surface area contributed by atoms with Gasteiger partial charge in [-0.05, 0) is 0 Å². The second-order valence-corrected chi connectivity index (χ2v) is 9.85. The molecular formula is C22H38N2O16. The minimum atomic E-state index is -1.87. The highest BCUT2D eigenvalue weighted by Crippen LogP contribution is 2.30. The largest absolute Gasteiger partial charge is 0.394 e. The number of hydrogen-bond acceptors (Lipinski definition) is 16. The summed E-state index contributed by atoms with van der Waals surface area (Å²) < 4.78 is 27.4. The molecule has 0 radical (unpaired) electrons. The minimum Gasteiger partial charge on any atom is -0.394 e. The van der Waals surface area contributed by atoms with Gasteiger partial charge in [-0.3, -0.25) is 9.59 Å². The number of ether oxygens (including phenoxy) is 5. The summed E-state index contributed by atoms with van der Waals surface area (Å²) in [6.07, 6.45) is -21.0. The van der Waals surface area contributed by atoms with E-state index in [2.05, 4.69) is 10.6 Å². The molecule has 3 heterocycles. The number of hydrogen-bond donors (Lipinski definition) is 11. The maximum absolute atomic E-state index is 11.8. The SMILES string of the molecule is CC(=O)NC1C(O)[C@H](O)C(CO)O[C@H]1OCC1O[C@H](O)C(NC(C)=O)C(O[C@@H]2OC(CO)[C@H](O)C(O)C2O)[C@H]1O. The van der Waals surface area contributed by atoms with E-state index in [1.807, 2.05) is 0 Å². The molecule has 15 atom stereocenters. The van der Waals surface area contributed by atoms with Gasteiger partial charge in [0.05, 0.1) is 19.8 Å². The third-order valence-electron chi connectivity index (χ3n) is 6.88. The fourth-order valence-corrected chi connectivity index (χ4v) is 4.76. The Hall–Kier alpha value is -1.62. The van der Waals surface area contributed by atoms with Crippen molar-refractivity contribution in [2.24, 2.45) is 0 Å². The van der Waals surface area contributed by atoms with Crippen molar-refractivity contribution < 1.29 is 79.2 Å². The van der Waals surface area contributed by atoms with Crippen molar-refractivity contribution in [3.8, 4) is 0 Å². The molecule has 40 heavy (non-hydrogen) atoms. The molecule has 3 saturated heterocycles. The van der Waals surface area contributed by atoms with Gasteiger partial charge in [0.15, 0.2) is 18.9 Å². The quantitative estimate of drug-likeness (QED) is 0.120. The van der Waals surface area contributed by atoms with E-state index in [0.29, 0.717) is 0 Å². The van der Waals surface area contributed by atoms with Crippen LogP contribution in [0.3, 0.4) is 0 Å². The molecule has 3 aliphatic rings. The van der Waals surface area contributed by atoms with Crippen molar-refractivity contribution >= 4 is 11.8 Å². The van der Waals surface area contributed by atoms with Gasteiger partial charge >= 0.3 is 0 Å². The first-order valence-electron chi connectivity index (χ1n) is 12.6. The van der Waals surface area contributed by atoms with Gasteiger partial charge in [0.1, 0.15) is 73.1 Å². The Morgan fingerprint density at radius 1 is 0.650 bits per heavy atom. The summed E-state index contributed by atoms with van der Waals surface area (Å²) in [7, 11) is 0. The van der Waals surface area contributed by atoms with Crippen LogP contribution in [0.4, 0.5) is 0 Å². The number of aliphatic hydroxyl groups excluding tert-OH is 9. The average Bonchev–Trinajstić information content (AvgIpc) is 2.90. The molecule has 232 valence electrons. The topological polar surface area (TPSA) is 286 Å². The molecule has 3 rings (SSSR count). The smallest absolute Gasteiger partial charge is 0.217 e. The van der Waals surface area contributed by atoms with E-state index in [4.69, 9.17) is 23.7 Å². The van der Waals surface area contributed by atoms with Gasteiger partial charge < -0.3 is 80.3 Å². The molecule has 3 fully saturated rings. The van der Waals surface area contributed by atoms with Gasteiger partial charge in [0, 0.05) is 13.8 Å². The summed E-state index contributed by atoms with van der Waals surface area (Å²) >= 11 is 0. The van der Waals surface area contributed by atoms with Crippen molar-refractivity contribution in [1.82, 2.24) is 10.6 Å². The first kappa shape index (κ1) is 32.9. The lowest BCUT2D eigenvalue weighted by Gasteiger charge is -2.47. The Labute approximate surface area is 228 Å². The summed E-state index contributed by atoms with van der Waals surface area (Å²) in [5.74, 6) is -1.26. The molecule has 0 spiro atoms. The predicted molar refractivity (Wildman–Crippen MR) is 124 cm³/mol. The summed E-state index contributed by atoms with van der Waals surface area (Å²) in [4.78, 5) is 23.4. The Balaban J connectivity index is 1.78. The van der Waals surface area contributed by atoms with Crippen LogP contribution < -0.4 is 10.6 Å². The van der Waals surface area contributed by atoms with E-state index in [1.165, 1.54) is 0 Å². The first-order chi connectivity index (χ1) is 18.8. The lowest BCUT2D eigenvalue weighted by Crippen LogP contribution is -2.68. The third kappa shape index (κ3) is 7.23. The standard InChI is InChI=1S/C22H38N2O16/c1-6(27)23-11-16(32)13(29)8(3-25)38-21(11)36-5-10-15(31)19(12(20(35)37-10)24-7(2)28)40-22-18(34)17(33)14(30)9(4-26)39-22/h8-22,25-26,29-35H,3-5H2,1-2H3,(H,23,27)(H,24,28)/t8?,9?,10?,11?,12?,13-,14+,15+,16?,17?,18?,19?,20+,21-,22+/m1/s1. The average molecular weight is 587 g/mol. The summed E-state index contributed by atoms with van der Waals surface area (Å²) in [6, 6.07) is -2.75. The lowest BCUT2D eigenvalue weighted by atomic mass is 9.95. The molecular weight excluding hydrogens is 548 g/mol. The molecule has 0 aliphatic carbocycles. The number of carbonyl (C=O) groups is 2. The summed E-state index contributed by atoms with van der Waals surface area (Å²) in [5, 5.41) is 96.3. The van der Waals surface area contributed by atoms with Gasteiger partial charge in [0.2, 0.25) is 11.8 Å². The zero-order valence-corrected chi connectivity index (χ0v) is 21.7. The Morgan fingerprint density at radius 3 is 1.73 bits per heavy atom. The molecule has 18 nitrogen and oxygen atoms in total. The van der Waals surface area contributed by atoms with E-state index in [1.54, 1.807) is 0 Å². The molecule has 2 amide bonds. The van der Waals surface area contributed by atoms with Gasteiger partial charge in [-0.1, -0.05) is 0 Å². The fraction of sp³-hybridized carbons (Fsp3) is 0.909. The second-order valence-electron chi connectivity index (χ2n) is 9.85. The van der Waals surface area contributed by atoms with E-state index in [0.717, 1.165) is 13.8 Å². The van der Waals surface area contributed by atoms with Crippen LogP contribution in [0.25, 0.3) is 0 Å². The number of aliphatic hydroxyl groups is 9. The molecule has 11 N–H and O–H groups in total. The number of nitrogens with one attached hydrogen (secondary N) is 2. The van der Waals surface area contributed by atoms with Crippen LogP contribution in [0.5, 0.6) is 0 Å². The zero-order chi connectivity index (χ0) is 29.9. The lowest BCUT2D eigenvalue weighted by molar-refractivity contribution is -0.345. The molecule has 18 heteroatoms. The van der Waals surface area contributed by atoms with E-state index in [-0.39, 0.29) is 0 Å². The van der Waals surface area contributed by atoms with E-state index in [9.17, 15) is 55.5 Å². The maximum Gasteiger partial charge on any atom is 0.217 e. The van der Waals surface area contributed by atoms with Crippen molar-refractivity contribution in [3.05, 3.63) is 0 Å². The predicted octanol–water partition coefficient (Wildman–Crippen LogP) is -7.29. The number of rotatable bonds is 9. The molecule has 9 unspecified atom stereocenters. The van der Waals surface area contributed by atoms with Gasteiger partial charge in [-0.25, -0.2) is 0 Å². The Kier molecular flexibility index (Phi) is 11.5. The Bertz CT molecular complexity index is 852. The molecule has 0 saturated carbocycles. The molecule has 0 aromatic rings. The number of carbonyl (C=O) groups excluding carboxylic acids is 2. The van der Waals surface area contributed by atoms with Crippen LogP contribution >= 0.6 is 0 Å². The van der Waals surface area contributed by atoms with Crippen molar-refractivity contribution in [3.63, 3.8) is 0 Å². The fourth-order valence-electron chi connectivity index (χ4n) is 4.76. The van der Waals surface area contributed by atoms with Crippen LogP contribution in [0.15, 0.2) is 0 Å². The summed E-state index contributed by atoms with van der Waals surface area (Å²) in [5.41, 5.74) is 0. The normalized spacial score (nSPS) is 46.0. The van der Waals surface area contributed by atoms with Crippen LogP contribution in [0, 0.1) is 0 Å². The maximum atomic E-state index is 11.8. The highest BCUT2D eigenvalue weighted by molar-refractivity contribution is 5.73. The van der Waals surface area contributed by atoms with Crippen LogP contribution in [-0.4, -0.2) is 170 Å². The van der Waals surface area contributed by atoms with E-state index < -0.39 is 124 Å². The van der Waals surface area contributed by atoms with E-state index >= 15 is 0 Å². The number of amides is 2. The monoisotopic (exact) mass is 586 g/mol. The molecule has 0 aromatic heterocycles. The van der Waals surface area contributed by atoms with Crippen molar-refractivity contribution in [1.29, 1.82) is 0 Å². The Morgan fingerprint density at radius 2 is 1.18 bits per heavy atom. The second kappa shape index (κ2) is 14.0. The van der Waals surface area contributed by atoms with Crippen LogP contribution in [0.2, 0.25) is 0 Å². The molecule has 0 bridgehead atoms. The molecule has 3 aliphatic heterocycles. The van der Waals surface area contributed by atoms with Gasteiger partial charge in [-0.15, -0.1) is 0 Å². The van der Waals surface area contributed by atoms with Crippen molar-refractivity contribution in [2.75, 3.05) is 19.8 Å². The van der Waals surface area contributed by atoms with Crippen LogP contribution in [0.1, 0.15) is 13.8 Å². The minimum absolute atomic E-state index is 0.596. The van der Waals surface area contributed by atoms with Gasteiger partial charge in [-0.2, -0.15) is 0 Å². The van der Waals surface area contributed by atoms with Gasteiger partial charge in [0.25, 0.3) is 0 Å². The highest BCUT2D eigenvalue weighted by atomic mass is 16.7. The summed E-state index contributed by atoms with van der Waals surface area (Å²) in [6.45, 7) is 0.184.